The molecule has 1 fully saturated rings. The van der Waals surface area contributed by atoms with Crippen LogP contribution in [0.15, 0.2) is 24.3 Å². The van der Waals surface area contributed by atoms with Gasteiger partial charge in [0.15, 0.2) is 0 Å². The molecule has 94 valence electrons. The van der Waals surface area contributed by atoms with Crippen LogP contribution in [0.5, 0.6) is 0 Å². The maximum Gasteiger partial charge on any atom is 0.235 e. The van der Waals surface area contributed by atoms with E-state index in [1.807, 2.05) is 6.92 Å². The number of para-hydroxylation sites is 1. The highest BCUT2D eigenvalue weighted by Crippen LogP contribution is 2.32. The van der Waals surface area contributed by atoms with Crippen molar-refractivity contribution < 1.29 is 13.5 Å². The van der Waals surface area contributed by atoms with Crippen molar-refractivity contribution in [2.75, 3.05) is 16.6 Å². The molecule has 0 aliphatic carbocycles. The van der Waals surface area contributed by atoms with E-state index in [-0.39, 0.29) is 11.7 Å². The zero-order valence-corrected chi connectivity index (χ0v) is 10.8. The lowest BCUT2D eigenvalue weighted by atomic mass is 10.1. The first-order chi connectivity index (χ1) is 7.92. The van der Waals surface area contributed by atoms with Crippen molar-refractivity contribution in [1.82, 2.24) is 0 Å². The fourth-order valence-electron chi connectivity index (χ4n) is 2.21. The van der Waals surface area contributed by atoms with Crippen LogP contribution >= 0.6 is 0 Å². The summed E-state index contributed by atoms with van der Waals surface area (Å²) in [6.45, 7) is 4.06. The summed E-state index contributed by atoms with van der Waals surface area (Å²) >= 11 is 0. The predicted octanol–water partition coefficient (Wildman–Crippen LogP) is 1.53. The van der Waals surface area contributed by atoms with E-state index in [0.29, 0.717) is 17.8 Å². The molecule has 1 aromatic rings. The molecule has 1 saturated heterocycles. The Bertz CT molecular complexity index is 510. The van der Waals surface area contributed by atoms with E-state index in [9.17, 15) is 13.5 Å². The highest BCUT2D eigenvalue weighted by molar-refractivity contribution is 7.93. The van der Waals surface area contributed by atoms with Gasteiger partial charge in [0, 0.05) is 12.1 Å². The highest BCUT2D eigenvalue weighted by Gasteiger charge is 2.34. The van der Waals surface area contributed by atoms with Crippen LogP contribution in [-0.2, 0) is 10.0 Å². The van der Waals surface area contributed by atoms with E-state index >= 15 is 0 Å². The van der Waals surface area contributed by atoms with Crippen molar-refractivity contribution in [2.24, 2.45) is 5.92 Å². The summed E-state index contributed by atoms with van der Waals surface area (Å²) in [6.07, 6.45) is -0.669. The van der Waals surface area contributed by atoms with Crippen LogP contribution in [0, 0.1) is 5.92 Å². The van der Waals surface area contributed by atoms with Gasteiger partial charge in [-0.1, -0.05) is 25.1 Å². The molecule has 0 radical (unpaired) electrons. The van der Waals surface area contributed by atoms with Gasteiger partial charge in [-0.3, -0.25) is 4.31 Å². The molecule has 17 heavy (non-hydrogen) atoms. The first-order valence-corrected chi connectivity index (χ1v) is 7.30. The van der Waals surface area contributed by atoms with E-state index in [0.717, 1.165) is 0 Å². The van der Waals surface area contributed by atoms with Crippen molar-refractivity contribution in [3.63, 3.8) is 0 Å². The molecule has 1 aliphatic rings. The molecule has 0 spiro atoms. The number of nitrogens with zero attached hydrogens (tertiary/aromatic N) is 1. The first kappa shape index (κ1) is 12.4. The summed E-state index contributed by atoms with van der Waals surface area (Å²) in [5.74, 6) is 0.309. The lowest BCUT2D eigenvalue weighted by Gasteiger charge is -2.21. The van der Waals surface area contributed by atoms with Gasteiger partial charge in [0.05, 0.1) is 17.5 Å². The Morgan fingerprint density at radius 1 is 1.41 bits per heavy atom. The lowest BCUT2D eigenvalue weighted by Crippen LogP contribution is -2.26. The summed E-state index contributed by atoms with van der Waals surface area (Å²) in [7, 11) is -3.22. The molecule has 0 amide bonds. The zero-order valence-electron chi connectivity index (χ0n) is 10.00. The van der Waals surface area contributed by atoms with Gasteiger partial charge in [-0.05, 0) is 18.9 Å². The van der Waals surface area contributed by atoms with Crippen LogP contribution in [-0.4, -0.2) is 25.8 Å². The van der Waals surface area contributed by atoms with E-state index in [1.165, 1.54) is 4.31 Å². The van der Waals surface area contributed by atoms with Gasteiger partial charge in [-0.15, -0.1) is 0 Å². The number of rotatable bonds is 2. The number of aliphatic hydroxyl groups excluding tert-OH is 1. The second-order valence-corrected chi connectivity index (χ2v) is 6.59. The molecule has 0 bridgehead atoms. The third-order valence-corrected chi connectivity index (χ3v) is 4.97. The summed E-state index contributed by atoms with van der Waals surface area (Å²) in [5, 5.41) is 9.68. The van der Waals surface area contributed by atoms with E-state index < -0.39 is 16.1 Å². The number of hydrogen-bond donors (Lipinski definition) is 1. The van der Waals surface area contributed by atoms with Gasteiger partial charge in [-0.2, -0.15) is 0 Å². The van der Waals surface area contributed by atoms with Crippen molar-refractivity contribution in [2.45, 2.75) is 20.0 Å². The maximum atomic E-state index is 12.0. The van der Waals surface area contributed by atoms with E-state index in [4.69, 9.17) is 0 Å². The second-order valence-electron chi connectivity index (χ2n) is 4.65. The van der Waals surface area contributed by atoms with Crippen LogP contribution in [0.4, 0.5) is 5.69 Å². The lowest BCUT2D eigenvalue weighted by molar-refractivity contribution is 0.200. The van der Waals surface area contributed by atoms with Gasteiger partial charge >= 0.3 is 0 Å². The van der Waals surface area contributed by atoms with Crippen LogP contribution in [0.3, 0.4) is 0 Å². The van der Waals surface area contributed by atoms with Crippen molar-refractivity contribution >= 4 is 15.7 Å². The minimum atomic E-state index is -3.22. The predicted molar refractivity (Wildman–Crippen MR) is 67.4 cm³/mol. The van der Waals surface area contributed by atoms with Crippen molar-refractivity contribution in [1.29, 1.82) is 0 Å². The Balaban J connectivity index is 2.48. The third-order valence-electron chi connectivity index (χ3n) is 2.96. The SMILES string of the molecule is CC1CN(c2ccccc2C(C)O)S(=O)(=O)C1. The first-order valence-electron chi connectivity index (χ1n) is 5.69. The van der Waals surface area contributed by atoms with Gasteiger partial charge in [0.1, 0.15) is 0 Å². The Kier molecular flexibility index (Phi) is 3.14. The fourth-order valence-corrected chi connectivity index (χ4v) is 4.17. The standard InChI is InChI=1S/C12H17NO3S/c1-9-7-13(17(15,16)8-9)12-6-4-3-5-11(12)10(2)14/h3-6,9-10,14H,7-8H2,1-2H3. The summed E-state index contributed by atoms with van der Waals surface area (Å²) in [5.41, 5.74) is 1.26. The number of aliphatic hydroxyl groups is 1. The second kappa shape index (κ2) is 4.31. The topological polar surface area (TPSA) is 57.6 Å². The molecule has 0 aromatic heterocycles. The monoisotopic (exact) mass is 255 g/mol. The average molecular weight is 255 g/mol. The van der Waals surface area contributed by atoms with Gasteiger partial charge in [0.2, 0.25) is 10.0 Å². The Morgan fingerprint density at radius 3 is 2.59 bits per heavy atom. The summed E-state index contributed by atoms with van der Waals surface area (Å²) < 4.78 is 25.4. The quantitative estimate of drug-likeness (QED) is 0.871. The molecule has 2 unspecified atom stereocenters. The molecule has 5 heteroatoms. The molecule has 1 aromatic carbocycles. The highest BCUT2D eigenvalue weighted by atomic mass is 32.2. The smallest absolute Gasteiger partial charge is 0.235 e. The molecule has 2 atom stereocenters. The largest absolute Gasteiger partial charge is 0.389 e. The normalized spacial score (nSPS) is 24.9. The van der Waals surface area contributed by atoms with Crippen molar-refractivity contribution in [3.05, 3.63) is 29.8 Å². The maximum absolute atomic E-state index is 12.0. The average Bonchev–Trinajstić information content (AvgIpc) is 2.51. The van der Waals surface area contributed by atoms with Crippen LogP contribution in [0.1, 0.15) is 25.5 Å². The third kappa shape index (κ3) is 2.30. The van der Waals surface area contributed by atoms with Crippen LogP contribution in [0.25, 0.3) is 0 Å². The minimum Gasteiger partial charge on any atom is -0.389 e. The van der Waals surface area contributed by atoms with Gasteiger partial charge in [-0.25, -0.2) is 8.42 Å². The summed E-state index contributed by atoms with van der Waals surface area (Å²) in [6, 6.07) is 7.10. The van der Waals surface area contributed by atoms with Gasteiger partial charge in [0.25, 0.3) is 0 Å². The molecule has 0 saturated carbocycles. The Hall–Kier alpha value is -1.07. The van der Waals surface area contributed by atoms with Crippen LogP contribution in [0.2, 0.25) is 0 Å². The van der Waals surface area contributed by atoms with E-state index in [1.54, 1.807) is 31.2 Å². The number of sulfonamides is 1. The molecule has 1 N–H and O–H groups in total. The molecule has 4 nitrogen and oxygen atoms in total. The van der Waals surface area contributed by atoms with Gasteiger partial charge < -0.3 is 5.11 Å². The number of anilines is 1. The zero-order chi connectivity index (χ0) is 12.6. The molecule has 1 aliphatic heterocycles. The number of benzene rings is 1. The minimum absolute atomic E-state index is 0.127. The number of hydrogen-bond acceptors (Lipinski definition) is 3. The summed E-state index contributed by atoms with van der Waals surface area (Å²) in [4.78, 5) is 0. The fraction of sp³-hybridized carbons (Fsp3) is 0.500. The molecular formula is C12H17NO3S. The van der Waals surface area contributed by atoms with E-state index in [2.05, 4.69) is 0 Å². The Morgan fingerprint density at radius 2 is 2.06 bits per heavy atom. The Labute approximate surface area is 102 Å². The molecule has 2 rings (SSSR count). The molecular weight excluding hydrogens is 238 g/mol. The van der Waals surface area contributed by atoms with Crippen LogP contribution < -0.4 is 4.31 Å². The van der Waals surface area contributed by atoms with Crippen molar-refractivity contribution in [3.8, 4) is 0 Å². The molecule has 1 heterocycles.